The molecule has 0 spiro atoms. The van der Waals surface area contributed by atoms with Crippen LogP contribution >= 0.6 is 11.8 Å². The van der Waals surface area contributed by atoms with Crippen LogP contribution in [0.1, 0.15) is 19.8 Å². The lowest BCUT2D eigenvalue weighted by atomic mass is 9.99. The smallest absolute Gasteiger partial charge is 0.243 e. The van der Waals surface area contributed by atoms with Crippen LogP contribution in [-0.4, -0.2) is 44.6 Å². The average Bonchev–Trinajstić information content (AvgIpc) is 2.75. The predicted molar refractivity (Wildman–Crippen MR) is 116 cm³/mol. The number of amides is 1. The molecule has 1 saturated heterocycles. The Morgan fingerprint density at radius 2 is 1.93 bits per heavy atom. The Morgan fingerprint density at radius 3 is 2.62 bits per heavy atom. The average molecular weight is 435 g/mol. The van der Waals surface area contributed by atoms with Crippen molar-refractivity contribution >= 4 is 33.4 Å². The molecule has 6 nitrogen and oxygen atoms in total. The summed E-state index contributed by atoms with van der Waals surface area (Å²) in [5, 5.41) is 2.99. The summed E-state index contributed by atoms with van der Waals surface area (Å²) >= 11 is 1.66. The molecule has 2 aromatic rings. The first-order chi connectivity index (χ1) is 14.0. The van der Waals surface area contributed by atoms with Crippen LogP contribution in [0.25, 0.3) is 0 Å². The normalized spacial score (nSPS) is 17.7. The topological polar surface area (TPSA) is 75.7 Å². The Bertz CT molecular complexity index is 945. The number of para-hydroxylation sites is 1. The number of hydrogen-bond acceptors (Lipinski definition) is 5. The monoisotopic (exact) mass is 434 g/mol. The zero-order valence-corrected chi connectivity index (χ0v) is 18.3. The van der Waals surface area contributed by atoms with E-state index in [0.29, 0.717) is 25.1 Å². The summed E-state index contributed by atoms with van der Waals surface area (Å²) in [5.41, 5.74) is 0.777. The lowest BCUT2D eigenvalue weighted by Gasteiger charge is -2.31. The van der Waals surface area contributed by atoms with Crippen molar-refractivity contribution < 1.29 is 17.9 Å². The van der Waals surface area contributed by atoms with Gasteiger partial charge < -0.3 is 10.1 Å². The van der Waals surface area contributed by atoms with Gasteiger partial charge in [0, 0.05) is 18.0 Å². The van der Waals surface area contributed by atoms with E-state index in [1.165, 1.54) is 23.5 Å². The molecule has 156 valence electrons. The van der Waals surface area contributed by atoms with E-state index in [1.807, 2.05) is 24.3 Å². The van der Waals surface area contributed by atoms with Gasteiger partial charge in [-0.25, -0.2) is 8.42 Å². The number of benzene rings is 2. The minimum absolute atomic E-state index is 0.135. The summed E-state index contributed by atoms with van der Waals surface area (Å²) in [6, 6.07) is 14.0. The summed E-state index contributed by atoms with van der Waals surface area (Å²) in [7, 11) is -2.11. The molecule has 1 aliphatic heterocycles. The second-order valence-corrected chi connectivity index (χ2v) is 10.0. The molecule has 8 heteroatoms. The lowest BCUT2D eigenvalue weighted by Crippen LogP contribution is -2.43. The van der Waals surface area contributed by atoms with Crippen molar-refractivity contribution in [1.29, 1.82) is 0 Å². The Morgan fingerprint density at radius 1 is 1.21 bits per heavy atom. The van der Waals surface area contributed by atoms with Crippen molar-refractivity contribution in [2.45, 2.75) is 29.6 Å². The molecule has 0 aromatic heterocycles. The van der Waals surface area contributed by atoms with Gasteiger partial charge in [0.25, 0.3) is 0 Å². The summed E-state index contributed by atoms with van der Waals surface area (Å²) in [4.78, 5) is 14.1. The summed E-state index contributed by atoms with van der Waals surface area (Å²) in [6.07, 6.45) is 1.32. The van der Waals surface area contributed by atoms with Gasteiger partial charge in [-0.3, -0.25) is 4.79 Å². The van der Waals surface area contributed by atoms with E-state index in [1.54, 1.807) is 23.9 Å². The number of nitrogens with zero attached hydrogens (tertiary/aromatic N) is 1. The van der Waals surface area contributed by atoms with Gasteiger partial charge in [-0.05, 0) is 55.0 Å². The fourth-order valence-corrected chi connectivity index (χ4v) is 5.64. The van der Waals surface area contributed by atoms with Gasteiger partial charge in [0.15, 0.2) is 0 Å². The third-order valence-corrected chi connectivity index (χ3v) is 7.73. The number of hydrogen-bond donors (Lipinski definition) is 1. The molecule has 2 aromatic carbocycles. The van der Waals surface area contributed by atoms with Crippen molar-refractivity contribution in [3.8, 4) is 5.75 Å². The zero-order valence-electron chi connectivity index (χ0n) is 16.6. The fourth-order valence-electron chi connectivity index (χ4n) is 3.36. The minimum atomic E-state index is -3.65. The van der Waals surface area contributed by atoms with Crippen LogP contribution in [0.15, 0.2) is 58.3 Å². The molecule has 1 atom stereocenters. The summed E-state index contributed by atoms with van der Waals surface area (Å²) in [5.74, 6) is 0.994. The number of rotatable bonds is 7. The van der Waals surface area contributed by atoms with Crippen molar-refractivity contribution in [2.24, 2.45) is 5.92 Å². The summed E-state index contributed by atoms with van der Waals surface area (Å²) < 4.78 is 32.5. The fraction of sp³-hybridized carbons (Fsp3) is 0.381. The molecule has 1 amide bonds. The van der Waals surface area contributed by atoms with E-state index in [9.17, 15) is 13.2 Å². The molecule has 1 N–H and O–H groups in total. The van der Waals surface area contributed by atoms with Gasteiger partial charge in [0.2, 0.25) is 15.9 Å². The number of ether oxygens (including phenoxy) is 1. The molecule has 1 aliphatic rings. The maximum absolute atomic E-state index is 13.0. The second-order valence-electron chi connectivity index (χ2n) is 6.80. The van der Waals surface area contributed by atoms with Gasteiger partial charge in [-0.15, -0.1) is 11.8 Å². The van der Waals surface area contributed by atoms with Gasteiger partial charge in [0.1, 0.15) is 5.75 Å². The Hall–Kier alpha value is -2.03. The van der Waals surface area contributed by atoms with Crippen molar-refractivity contribution in [3.05, 3.63) is 48.5 Å². The van der Waals surface area contributed by atoms with E-state index in [4.69, 9.17) is 4.74 Å². The van der Waals surface area contributed by atoms with Crippen molar-refractivity contribution in [2.75, 3.05) is 31.3 Å². The number of sulfonamides is 1. The Kier molecular flexibility index (Phi) is 7.21. The van der Waals surface area contributed by atoms with E-state index in [2.05, 4.69) is 12.2 Å². The molecule has 3 rings (SSSR count). The third-order valence-electron chi connectivity index (χ3n) is 4.90. The van der Waals surface area contributed by atoms with Gasteiger partial charge in [0.05, 0.1) is 23.6 Å². The Balaban J connectivity index is 1.72. The SMILES string of the molecule is CCSc1ccccc1NC(=O)[C@H]1CCCN(S(=O)(=O)c2ccc(OC)cc2)C1. The van der Waals surface area contributed by atoms with Crippen LogP contribution in [0, 0.1) is 5.92 Å². The highest BCUT2D eigenvalue weighted by atomic mass is 32.2. The van der Waals surface area contributed by atoms with E-state index in [-0.39, 0.29) is 23.3 Å². The molecule has 1 fully saturated rings. The first kappa shape index (κ1) is 21.7. The molecule has 0 bridgehead atoms. The predicted octanol–water partition coefficient (Wildman–Crippen LogP) is 3.85. The van der Waals surface area contributed by atoms with Crippen LogP contribution in [-0.2, 0) is 14.8 Å². The third kappa shape index (κ3) is 5.12. The number of carbonyl (C=O) groups is 1. The highest BCUT2D eigenvalue weighted by Crippen LogP contribution is 2.29. The molecule has 0 saturated carbocycles. The quantitative estimate of drug-likeness (QED) is 0.670. The van der Waals surface area contributed by atoms with Crippen LogP contribution < -0.4 is 10.1 Å². The highest BCUT2D eigenvalue weighted by Gasteiger charge is 2.33. The van der Waals surface area contributed by atoms with Crippen LogP contribution in [0.3, 0.4) is 0 Å². The van der Waals surface area contributed by atoms with Crippen LogP contribution in [0.4, 0.5) is 5.69 Å². The van der Waals surface area contributed by atoms with E-state index in [0.717, 1.165) is 16.3 Å². The van der Waals surface area contributed by atoms with Crippen LogP contribution in [0.2, 0.25) is 0 Å². The largest absolute Gasteiger partial charge is 0.497 e. The van der Waals surface area contributed by atoms with Crippen molar-refractivity contribution in [1.82, 2.24) is 4.31 Å². The van der Waals surface area contributed by atoms with E-state index >= 15 is 0 Å². The number of anilines is 1. The molecule has 0 unspecified atom stereocenters. The highest BCUT2D eigenvalue weighted by molar-refractivity contribution is 7.99. The minimum Gasteiger partial charge on any atom is -0.497 e. The van der Waals surface area contributed by atoms with Crippen molar-refractivity contribution in [3.63, 3.8) is 0 Å². The van der Waals surface area contributed by atoms with Gasteiger partial charge in [-0.1, -0.05) is 19.1 Å². The molecular weight excluding hydrogens is 408 g/mol. The first-order valence-electron chi connectivity index (χ1n) is 9.62. The zero-order chi connectivity index (χ0) is 20.9. The molecule has 0 radical (unpaired) electrons. The maximum Gasteiger partial charge on any atom is 0.243 e. The molecular formula is C21H26N2O4S2. The molecule has 0 aliphatic carbocycles. The molecule has 1 heterocycles. The number of piperidine rings is 1. The van der Waals surface area contributed by atoms with E-state index < -0.39 is 10.0 Å². The number of nitrogens with one attached hydrogen (secondary N) is 1. The molecule has 29 heavy (non-hydrogen) atoms. The number of carbonyl (C=O) groups excluding carboxylic acids is 1. The van der Waals surface area contributed by atoms with Gasteiger partial charge in [-0.2, -0.15) is 4.31 Å². The summed E-state index contributed by atoms with van der Waals surface area (Å²) in [6.45, 7) is 2.66. The maximum atomic E-state index is 13.0. The lowest BCUT2D eigenvalue weighted by molar-refractivity contribution is -0.120. The Labute approximate surface area is 176 Å². The first-order valence-corrected chi connectivity index (χ1v) is 12.0. The van der Waals surface area contributed by atoms with Crippen LogP contribution in [0.5, 0.6) is 5.75 Å². The second kappa shape index (κ2) is 9.65. The number of methoxy groups -OCH3 is 1. The number of thioether (sulfide) groups is 1. The van der Waals surface area contributed by atoms with Gasteiger partial charge >= 0.3 is 0 Å². The standard InChI is InChI=1S/C21H26N2O4S2/c1-3-28-20-9-5-4-8-19(20)22-21(24)16-7-6-14-23(15-16)29(25,26)18-12-10-17(27-2)11-13-18/h4-5,8-13,16H,3,6-7,14-15H2,1-2H3,(H,22,24)/t16-/m0/s1.